The van der Waals surface area contributed by atoms with Crippen molar-refractivity contribution in [2.24, 2.45) is 0 Å². The molecule has 0 radical (unpaired) electrons. The molecule has 1 aromatic rings. The first kappa shape index (κ1) is 12.0. The molecule has 0 amide bonds. The maximum atomic E-state index is 13.1. The fourth-order valence-electron chi connectivity index (χ4n) is 0.956. The summed E-state index contributed by atoms with van der Waals surface area (Å²) in [7, 11) is 0. The van der Waals surface area contributed by atoms with E-state index in [1.54, 1.807) is 0 Å². The fraction of sp³-hybridized carbons (Fsp3) is 0.200. The Balaban J connectivity index is 2.73. The van der Waals surface area contributed by atoms with E-state index in [1.807, 2.05) is 0 Å². The Hall–Kier alpha value is -1.03. The van der Waals surface area contributed by atoms with Crippen LogP contribution in [0.15, 0.2) is 24.3 Å². The van der Waals surface area contributed by atoms with Crippen LogP contribution in [0.3, 0.4) is 0 Å². The van der Waals surface area contributed by atoms with Gasteiger partial charge in [-0.15, -0.1) is 0 Å². The lowest BCUT2D eigenvalue weighted by atomic mass is 10.2. The summed E-state index contributed by atoms with van der Waals surface area (Å²) in [4.78, 5) is 0. The molecule has 0 bridgehead atoms. The van der Waals surface area contributed by atoms with Crippen molar-refractivity contribution in [3.63, 3.8) is 0 Å². The molecule has 0 aliphatic carbocycles. The minimum absolute atomic E-state index is 0.0867. The molecule has 1 rings (SSSR count). The SMILES string of the molecule is Fc1cc(Cl)ccc1/C=C/CC(F)(F)F. The lowest BCUT2D eigenvalue weighted by molar-refractivity contribution is -0.124. The van der Waals surface area contributed by atoms with Crippen molar-refractivity contribution < 1.29 is 17.6 Å². The first-order valence-electron chi connectivity index (χ1n) is 4.07. The van der Waals surface area contributed by atoms with Crippen molar-refractivity contribution in [1.82, 2.24) is 0 Å². The van der Waals surface area contributed by atoms with Gasteiger partial charge < -0.3 is 0 Å². The Labute approximate surface area is 89.2 Å². The highest BCUT2D eigenvalue weighted by Gasteiger charge is 2.24. The van der Waals surface area contributed by atoms with Crippen LogP contribution < -0.4 is 0 Å². The van der Waals surface area contributed by atoms with Crippen LogP contribution in [0.5, 0.6) is 0 Å². The lowest BCUT2D eigenvalue weighted by Crippen LogP contribution is -2.03. The van der Waals surface area contributed by atoms with Gasteiger partial charge in [0.25, 0.3) is 0 Å². The average molecular weight is 239 g/mol. The molecule has 0 saturated heterocycles. The minimum atomic E-state index is -4.26. The van der Waals surface area contributed by atoms with Gasteiger partial charge in [0.05, 0.1) is 6.42 Å². The molecular weight excluding hydrogens is 232 g/mol. The van der Waals surface area contributed by atoms with Gasteiger partial charge in [-0.25, -0.2) is 4.39 Å². The van der Waals surface area contributed by atoms with Crippen molar-refractivity contribution in [3.05, 3.63) is 40.7 Å². The highest BCUT2D eigenvalue weighted by Crippen LogP contribution is 2.21. The summed E-state index contributed by atoms with van der Waals surface area (Å²) in [6.45, 7) is 0. The molecule has 0 atom stereocenters. The van der Waals surface area contributed by atoms with Crippen molar-refractivity contribution >= 4 is 17.7 Å². The second-order valence-electron chi connectivity index (χ2n) is 2.89. The molecule has 0 nitrogen and oxygen atoms in total. The zero-order chi connectivity index (χ0) is 11.5. The summed E-state index contributed by atoms with van der Waals surface area (Å²) in [5.74, 6) is -0.638. The van der Waals surface area contributed by atoms with Crippen LogP contribution in [-0.4, -0.2) is 6.18 Å². The first-order chi connectivity index (χ1) is 6.88. The molecule has 0 unspecified atom stereocenters. The minimum Gasteiger partial charge on any atom is -0.206 e. The molecule has 15 heavy (non-hydrogen) atoms. The van der Waals surface area contributed by atoms with Gasteiger partial charge in [0, 0.05) is 10.6 Å². The summed E-state index contributed by atoms with van der Waals surface area (Å²) in [6, 6.07) is 3.79. The summed E-state index contributed by atoms with van der Waals surface area (Å²) >= 11 is 5.48. The number of benzene rings is 1. The molecule has 0 aliphatic rings. The van der Waals surface area contributed by atoms with Gasteiger partial charge in [-0.05, 0) is 12.1 Å². The molecule has 0 fully saturated rings. The van der Waals surface area contributed by atoms with Crippen molar-refractivity contribution in [3.8, 4) is 0 Å². The zero-order valence-electron chi connectivity index (χ0n) is 7.48. The van der Waals surface area contributed by atoms with Crippen LogP contribution >= 0.6 is 11.6 Å². The van der Waals surface area contributed by atoms with Crippen molar-refractivity contribution in [1.29, 1.82) is 0 Å². The predicted molar refractivity (Wildman–Crippen MR) is 51.1 cm³/mol. The van der Waals surface area contributed by atoms with Gasteiger partial charge in [0.15, 0.2) is 0 Å². The second-order valence-corrected chi connectivity index (χ2v) is 3.32. The van der Waals surface area contributed by atoms with Gasteiger partial charge in [0.2, 0.25) is 0 Å². The Bertz CT molecular complexity index is 368. The number of allylic oxidation sites excluding steroid dienone is 1. The predicted octanol–water partition coefficient (Wildman–Crippen LogP) is 4.44. The van der Waals surface area contributed by atoms with Crippen LogP contribution in [0.25, 0.3) is 6.08 Å². The van der Waals surface area contributed by atoms with E-state index in [1.165, 1.54) is 12.1 Å². The molecule has 0 saturated carbocycles. The van der Waals surface area contributed by atoms with E-state index in [2.05, 4.69) is 0 Å². The Kier molecular flexibility index (Phi) is 3.74. The lowest BCUT2D eigenvalue weighted by Gasteiger charge is -2.01. The van der Waals surface area contributed by atoms with Crippen LogP contribution in [0.4, 0.5) is 17.6 Å². The molecule has 0 aromatic heterocycles. The Morgan fingerprint density at radius 3 is 2.47 bits per heavy atom. The van der Waals surface area contributed by atoms with Crippen LogP contribution in [-0.2, 0) is 0 Å². The Morgan fingerprint density at radius 1 is 1.27 bits per heavy atom. The molecule has 0 heterocycles. The van der Waals surface area contributed by atoms with Crippen LogP contribution in [0, 0.1) is 5.82 Å². The zero-order valence-corrected chi connectivity index (χ0v) is 8.24. The first-order valence-corrected chi connectivity index (χ1v) is 4.44. The molecule has 1 aromatic carbocycles. The van der Waals surface area contributed by atoms with Crippen LogP contribution in [0.2, 0.25) is 5.02 Å². The highest BCUT2D eigenvalue weighted by molar-refractivity contribution is 6.30. The molecular formula is C10H7ClF4. The van der Waals surface area contributed by atoms with E-state index in [0.717, 1.165) is 18.2 Å². The van der Waals surface area contributed by atoms with Crippen molar-refractivity contribution in [2.75, 3.05) is 0 Å². The Morgan fingerprint density at radius 2 is 1.93 bits per heavy atom. The molecule has 0 N–H and O–H groups in total. The van der Waals surface area contributed by atoms with Gasteiger partial charge in [-0.3, -0.25) is 0 Å². The summed E-state index contributed by atoms with van der Waals surface area (Å²) in [5.41, 5.74) is 0.0867. The standard InChI is InChI=1S/C10H7ClF4/c11-8-4-3-7(9(12)6-8)2-1-5-10(13,14)15/h1-4,6H,5H2/b2-1+. The number of hydrogen-bond donors (Lipinski definition) is 0. The van der Waals surface area contributed by atoms with E-state index in [9.17, 15) is 17.6 Å². The third-order valence-electron chi connectivity index (χ3n) is 1.61. The molecule has 0 aliphatic heterocycles. The van der Waals surface area contributed by atoms with E-state index in [4.69, 9.17) is 11.6 Å². The van der Waals surface area contributed by atoms with E-state index < -0.39 is 18.4 Å². The molecule has 82 valence electrons. The number of alkyl halides is 3. The smallest absolute Gasteiger partial charge is 0.206 e. The largest absolute Gasteiger partial charge is 0.392 e. The van der Waals surface area contributed by atoms with E-state index >= 15 is 0 Å². The van der Waals surface area contributed by atoms with Gasteiger partial charge in [-0.1, -0.05) is 29.8 Å². The normalized spacial score (nSPS) is 12.3. The number of halogens is 5. The topological polar surface area (TPSA) is 0 Å². The summed E-state index contributed by atoms with van der Waals surface area (Å²) < 4.78 is 48.3. The summed E-state index contributed by atoms with van der Waals surface area (Å²) in [6.07, 6.45) is -3.39. The maximum Gasteiger partial charge on any atom is 0.392 e. The average Bonchev–Trinajstić information content (AvgIpc) is 2.07. The van der Waals surface area contributed by atoms with Crippen molar-refractivity contribution in [2.45, 2.75) is 12.6 Å². The third-order valence-corrected chi connectivity index (χ3v) is 1.84. The quantitative estimate of drug-likeness (QED) is 0.668. The van der Waals surface area contributed by atoms with Gasteiger partial charge in [0.1, 0.15) is 5.82 Å². The van der Waals surface area contributed by atoms with E-state index in [0.29, 0.717) is 0 Å². The number of hydrogen-bond acceptors (Lipinski definition) is 0. The highest BCUT2D eigenvalue weighted by atomic mass is 35.5. The van der Waals surface area contributed by atoms with E-state index in [-0.39, 0.29) is 10.6 Å². The molecule has 5 heteroatoms. The van der Waals surface area contributed by atoms with Gasteiger partial charge in [-0.2, -0.15) is 13.2 Å². The summed E-state index contributed by atoms with van der Waals surface area (Å²) in [5, 5.41) is 0.209. The third kappa shape index (κ3) is 4.34. The number of rotatable bonds is 2. The van der Waals surface area contributed by atoms with Crippen LogP contribution in [0.1, 0.15) is 12.0 Å². The maximum absolute atomic E-state index is 13.1. The second kappa shape index (κ2) is 4.66. The fourth-order valence-corrected chi connectivity index (χ4v) is 1.11. The monoisotopic (exact) mass is 238 g/mol. The van der Waals surface area contributed by atoms with Gasteiger partial charge >= 0.3 is 6.18 Å². The molecule has 0 spiro atoms.